The van der Waals surface area contributed by atoms with E-state index in [1.807, 2.05) is 0 Å². The van der Waals surface area contributed by atoms with Gasteiger partial charge in [-0.3, -0.25) is 4.57 Å². The number of sulfonamides is 1. The summed E-state index contributed by atoms with van der Waals surface area (Å²) in [5.74, 6) is -0.701. The van der Waals surface area contributed by atoms with Crippen LogP contribution in [-0.4, -0.2) is 39.7 Å². The fourth-order valence-electron chi connectivity index (χ4n) is 1.41. The Morgan fingerprint density at radius 3 is 2.50 bits per heavy atom. The van der Waals surface area contributed by atoms with E-state index in [0.29, 0.717) is 5.56 Å². The molecule has 1 aromatic heterocycles. The molecule has 0 aliphatic heterocycles. The Labute approximate surface area is 129 Å². The van der Waals surface area contributed by atoms with Crippen molar-refractivity contribution in [1.29, 1.82) is 0 Å². The van der Waals surface area contributed by atoms with Gasteiger partial charge in [-0.1, -0.05) is 0 Å². The maximum atomic E-state index is 11.9. The second-order valence-electron chi connectivity index (χ2n) is 4.16. The molecular formula is C10H11N2O7PS2. The van der Waals surface area contributed by atoms with Gasteiger partial charge in [0, 0.05) is 5.56 Å². The largest absolute Gasteiger partial charge is 0.504 e. The number of aromatic nitrogens is 1. The van der Waals surface area contributed by atoms with Crippen LogP contribution in [0.5, 0.6) is 11.5 Å². The van der Waals surface area contributed by atoms with E-state index in [-0.39, 0.29) is 20.7 Å². The van der Waals surface area contributed by atoms with Crippen LogP contribution >= 0.6 is 18.9 Å². The van der Waals surface area contributed by atoms with Gasteiger partial charge in [0.2, 0.25) is 0 Å². The van der Waals surface area contributed by atoms with Crippen molar-refractivity contribution in [2.75, 3.05) is 6.29 Å². The molecule has 2 rings (SSSR count). The van der Waals surface area contributed by atoms with Gasteiger partial charge in [-0.05, 0) is 18.2 Å². The number of phenolic OH excluding ortho intramolecular Hbond substituents is 2. The topological polar surface area (TPSA) is 157 Å². The lowest BCUT2D eigenvalue weighted by Crippen LogP contribution is -2.24. The summed E-state index contributed by atoms with van der Waals surface area (Å²) < 4.78 is 36.0. The lowest BCUT2D eigenvalue weighted by molar-refractivity contribution is 0.371. The van der Waals surface area contributed by atoms with Crippen molar-refractivity contribution >= 4 is 29.0 Å². The summed E-state index contributed by atoms with van der Waals surface area (Å²) in [7, 11) is -8.61. The molecule has 22 heavy (non-hydrogen) atoms. The number of phenols is 2. The van der Waals surface area contributed by atoms with Crippen LogP contribution in [0.3, 0.4) is 0 Å². The molecule has 2 aromatic rings. The molecule has 0 saturated carbocycles. The third-order valence-electron chi connectivity index (χ3n) is 2.43. The van der Waals surface area contributed by atoms with Crippen molar-refractivity contribution in [3.8, 4) is 22.1 Å². The average molecular weight is 366 g/mol. The number of nitrogens with zero attached hydrogens (tertiary/aromatic N) is 1. The standard InChI is InChI=1S/C10H11N2O7PS2/c13-7-2-1-6(3-8(7)14)10-11-4-9(21-10)22(18,19)12-5-20(15,16)17/h1-4,12-14H,5H2,(H2,15,16,17). The van der Waals surface area contributed by atoms with Crippen molar-refractivity contribution < 1.29 is 33.0 Å². The Balaban J connectivity index is 2.27. The molecule has 0 amide bonds. The van der Waals surface area contributed by atoms with E-state index in [9.17, 15) is 23.2 Å². The number of rotatable bonds is 5. The maximum Gasteiger partial charge on any atom is 0.340 e. The first-order valence-electron chi connectivity index (χ1n) is 5.61. The molecule has 0 aliphatic rings. The molecule has 0 radical (unpaired) electrons. The number of nitrogens with one attached hydrogen (secondary N) is 1. The normalized spacial score (nSPS) is 12.5. The van der Waals surface area contributed by atoms with Crippen LogP contribution in [-0.2, 0) is 14.6 Å². The second-order valence-corrected chi connectivity index (χ2v) is 8.83. The number of benzene rings is 1. The van der Waals surface area contributed by atoms with Crippen molar-refractivity contribution in [3.63, 3.8) is 0 Å². The summed E-state index contributed by atoms with van der Waals surface area (Å²) in [6.45, 7) is 0. The molecule has 0 atom stereocenters. The fourth-order valence-corrected chi connectivity index (χ4v) is 4.60. The molecule has 0 fully saturated rings. The zero-order valence-electron chi connectivity index (χ0n) is 10.7. The molecule has 5 N–H and O–H groups in total. The first-order valence-corrected chi connectivity index (χ1v) is 9.71. The molecule has 0 bridgehead atoms. The molecule has 1 heterocycles. The Bertz CT molecular complexity index is 843. The Hall–Kier alpha value is -1.49. The summed E-state index contributed by atoms with van der Waals surface area (Å²) in [5.41, 5.74) is 0.386. The van der Waals surface area contributed by atoms with E-state index in [1.54, 1.807) is 4.72 Å². The highest BCUT2D eigenvalue weighted by atomic mass is 32.2. The lowest BCUT2D eigenvalue weighted by atomic mass is 10.2. The molecule has 0 unspecified atom stereocenters. The fraction of sp³-hybridized carbons (Fsp3) is 0.100. The van der Waals surface area contributed by atoms with E-state index < -0.39 is 23.9 Å². The molecule has 0 saturated heterocycles. The first kappa shape index (κ1) is 16.9. The minimum atomic E-state index is -4.51. The minimum absolute atomic E-state index is 0.233. The molecule has 12 heteroatoms. The Morgan fingerprint density at radius 2 is 1.91 bits per heavy atom. The molecule has 9 nitrogen and oxygen atoms in total. The van der Waals surface area contributed by atoms with Gasteiger partial charge in [-0.2, -0.15) is 4.72 Å². The highest BCUT2D eigenvalue weighted by Crippen LogP contribution is 2.35. The minimum Gasteiger partial charge on any atom is -0.504 e. The highest BCUT2D eigenvalue weighted by Gasteiger charge is 2.23. The van der Waals surface area contributed by atoms with Crippen molar-refractivity contribution in [2.45, 2.75) is 4.21 Å². The van der Waals surface area contributed by atoms with Crippen LogP contribution in [0.1, 0.15) is 0 Å². The second kappa shape index (κ2) is 5.95. The average Bonchev–Trinajstić information content (AvgIpc) is 2.89. The lowest BCUT2D eigenvalue weighted by Gasteiger charge is -2.05. The monoisotopic (exact) mass is 366 g/mol. The molecule has 1 aromatic carbocycles. The zero-order valence-corrected chi connectivity index (χ0v) is 13.3. The molecule has 0 spiro atoms. The van der Waals surface area contributed by atoms with Crippen molar-refractivity contribution in [1.82, 2.24) is 9.71 Å². The number of aromatic hydroxyl groups is 2. The maximum absolute atomic E-state index is 11.9. The van der Waals surface area contributed by atoms with Gasteiger partial charge in [0.05, 0.1) is 6.20 Å². The summed E-state index contributed by atoms with van der Waals surface area (Å²) in [6, 6.07) is 3.88. The molecule has 0 aliphatic carbocycles. The van der Waals surface area contributed by atoms with Gasteiger partial charge in [-0.25, -0.2) is 13.4 Å². The third-order valence-corrected chi connectivity index (χ3v) is 6.13. The summed E-state index contributed by atoms with van der Waals surface area (Å²) in [6.07, 6.45) is 0.0223. The molecular weight excluding hydrogens is 355 g/mol. The highest BCUT2D eigenvalue weighted by molar-refractivity contribution is 7.91. The van der Waals surface area contributed by atoms with Gasteiger partial charge in [0.15, 0.2) is 15.7 Å². The summed E-state index contributed by atoms with van der Waals surface area (Å²) in [4.78, 5) is 21.3. The van der Waals surface area contributed by atoms with Crippen LogP contribution in [0.25, 0.3) is 10.6 Å². The predicted octanol–water partition coefficient (Wildman–Crippen LogP) is 0.635. The van der Waals surface area contributed by atoms with E-state index in [1.165, 1.54) is 18.2 Å². The summed E-state index contributed by atoms with van der Waals surface area (Å²) >= 11 is 0.751. The van der Waals surface area contributed by atoms with Gasteiger partial charge < -0.3 is 20.0 Å². The Kier molecular flexibility index (Phi) is 4.57. The third kappa shape index (κ3) is 4.03. The molecule has 120 valence electrons. The van der Waals surface area contributed by atoms with Crippen molar-refractivity contribution in [3.05, 3.63) is 24.4 Å². The first-order chi connectivity index (χ1) is 10.1. The van der Waals surface area contributed by atoms with Crippen LogP contribution in [0, 0.1) is 0 Å². The van der Waals surface area contributed by atoms with E-state index in [0.717, 1.165) is 17.5 Å². The van der Waals surface area contributed by atoms with Crippen molar-refractivity contribution in [2.24, 2.45) is 0 Å². The van der Waals surface area contributed by atoms with Gasteiger partial charge in [0.1, 0.15) is 11.3 Å². The zero-order chi connectivity index (χ0) is 16.5. The van der Waals surface area contributed by atoms with Gasteiger partial charge in [0.25, 0.3) is 10.0 Å². The smallest absolute Gasteiger partial charge is 0.340 e. The summed E-state index contributed by atoms with van der Waals surface area (Å²) in [5, 5.41) is 18.9. The SMILES string of the molecule is O=P(O)(O)CNS(=O)(=O)c1cnc(-c2ccc(O)c(O)c2)s1. The van der Waals surface area contributed by atoms with E-state index in [2.05, 4.69) is 4.98 Å². The van der Waals surface area contributed by atoms with E-state index >= 15 is 0 Å². The van der Waals surface area contributed by atoms with Crippen LogP contribution in [0.15, 0.2) is 28.6 Å². The number of hydrogen-bond acceptors (Lipinski definition) is 7. The Morgan fingerprint density at radius 1 is 1.23 bits per heavy atom. The predicted molar refractivity (Wildman–Crippen MR) is 78.1 cm³/mol. The quantitative estimate of drug-likeness (QED) is 0.381. The van der Waals surface area contributed by atoms with Gasteiger partial charge in [-0.15, -0.1) is 11.3 Å². The number of thiazole rings is 1. The van der Waals surface area contributed by atoms with Crippen LogP contribution < -0.4 is 4.72 Å². The van der Waals surface area contributed by atoms with Gasteiger partial charge >= 0.3 is 7.60 Å². The van der Waals surface area contributed by atoms with Crippen LogP contribution in [0.2, 0.25) is 0 Å². The van der Waals surface area contributed by atoms with Crippen LogP contribution in [0.4, 0.5) is 0 Å². The van der Waals surface area contributed by atoms with E-state index in [4.69, 9.17) is 9.79 Å². The number of hydrogen-bond donors (Lipinski definition) is 5.